The highest BCUT2D eigenvalue weighted by molar-refractivity contribution is 5.95. The summed E-state index contributed by atoms with van der Waals surface area (Å²) in [5, 5.41) is 2.76. The number of hydrogen-bond donors (Lipinski definition) is 1. The second kappa shape index (κ2) is 10.2. The minimum Gasteiger partial charge on any atom is -0.493 e. The van der Waals surface area contributed by atoms with Crippen LogP contribution in [0.15, 0.2) is 47.7 Å². The fraction of sp³-hybridized carbons (Fsp3) is 0.304. The third-order valence-electron chi connectivity index (χ3n) is 5.07. The number of esters is 1. The van der Waals surface area contributed by atoms with Gasteiger partial charge < -0.3 is 24.3 Å². The molecule has 33 heavy (non-hydrogen) atoms. The Morgan fingerprint density at radius 2 is 1.76 bits per heavy atom. The molecule has 0 aliphatic carbocycles. The average Bonchev–Trinajstić information content (AvgIpc) is 2.80. The first-order valence-electron chi connectivity index (χ1n) is 10.0. The number of methoxy groups -OCH3 is 2. The Kier molecular flexibility index (Phi) is 7.37. The molecule has 2 aromatic carbocycles. The van der Waals surface area contributed by atoms with Gasteiger partial charge in [0.15, 0.2) is 23.1 Å². The van der Waals surface area contributed by atoms with Crippen molar-refractivity contribution in [2.24, 2.45) is 0 Å². The van der Waals surface area contributed by atoms with E-state index >= 15 is 0 Å². The van der Waals surface area contributed by atoms with Crippen molar-refractivity contribution >= 4 is 12.0 Å². The molecule has 0 bridgehead atoms. The van der Waals surface area contributed by atoms with E-state index in [4.69, 9.17) is 18.9 Å². The van der Waals surface area contributed by atoms with Gasteiger partial charge in [-0.3, -0.25) is 4.90 Å². The minimum atomic E-state index is -0.910. The molecule has 8 nitrogen and oxygen atoms in total. The van der Waals surface area contributed by atoms with Crippen LogP contribution < -0.4 is 19.5 Å². The maximum atomic E-state index is 14.1. The topological polar surface area (TPSA) is 86.3 Å². The van der Waals surface area contributed by atoms with Gasteiger partial charge in [-0.05, 0) is 36.8 Å². The van der Waals surface area contributed by atoms with Crippen LogP contribution in [0.3, 0.4) is 0 Å². The van der Waals surface area contributed by atoms with Crippen molar-refractivity contribution in [3.8, 4) is 17.2 Å². The fourth-order valence-electron chi connectivity index (χ4n) is 3.40. The molecule has 0 unspecified atom stereocenters. The van der Waals surface area contributed by atoms with Crippen LogP contribution >= 0.6 is 0 Å². The van der Waals surface area contributed by atoms with E-state index in [0.717, 1.165) is 12.1 Å². The van der Waals surface area contributed by atoms with Crippen molar-refractivity contribution in [2.75, 3.05) is 34.5 Å². The van der Waals surface area contributed by atoms with Gasteiger partial charge in [-0.2, -0.15) is 0 Å². The molecule has 10 heteroatoms. The van der Waals surface area contributed by atoms with Crippen LogP contribution in [0, 0.1) is 11.6 Å². The molecule has 0 fully saturated rings. The molecule has 176 valence electrons. The smallest absolute Gasteiger partial charge is 0.338 e. The van der Waals surface area contributed by atoms with Gasteiger partial charge in [0.05, 0.1) is 38.1 Å². The molecular weight excluding hydrogens is 438 g/mol. The van der Waals surface area contributed by atoms with Gasteiger partial charge in [0.25, 0.3) is 0 Å². The molecule has 1 heterocycles. The lowest BCUT2D eigenvalue weighted by Crippen LogP contribution is -2.48. The Morgan fingerprint density at radius 1 is 1.06 bits per heavy atom. The summed E-state index contributed by atoms with van der Waals surface area (Å²) in [6, 6.07) is 6.39. The van der Waals surface area contributed by atoms with Gasteiger partial charge in [0, 0.05) is 13.1 Å². The normalized spacial score (nSPS) is 15.8. The van der Waals surface area contributed by atoms with Crippen LogP contribution in [0.5, 0.6) is 17.2 Å². The van der Waals surface area contributed by atoms with Crippen LogP contribution in [0.2, 0.25) is 0 Å². The summed E-state index contributed by atoms with van der Waals surface area (Å²) in [4.78, 5) is 26.8. The molecule has 1 atom stereocenters. The van der Waals surface area contributed by atoms with Gasteiger partial charge in [0.2, 0.25) is 0 Å². The summed E-state index contributed by atoms with van der Waals surface area (Å²) in [5.74, 6) is -1.70. The average molecular weight is 462 g/mol. The second-order valence-corrected chi connectivity index (χ2v) is 7.00. The van der Waals surface area contributed by atoms with E-state index in [2.05, 4.69) is 5.32 Å². The quantitative estimate of drug-likeness (QED) is 0.604. The van der Waals surface area contributed by atoms with E-state index in [1.54, 1.807) is 25.1 Å². The Labute approximate surface area is 189 Å². The largest absolute Gasteiger partial charge is 0.493 e. The third-order valence-corrected chi connectivity index (χ3v) is 5.07. The lowest BCUT2D eigenvalue weighted by atomic mass is 9.94. The Balaban J connectivity index is 2.07. The van der Waals surface area contributed by atoms with E-state index in [1.807, 2.05) is 0 Å². The van der Waals surface area contributed by atoms with Crippen molar-refractivity contribution in [2.45, 2.75) is 13.0 Å². The third kappa shape index (κ3) is 5.00. The van der Waals surface area contributed by atoms with Gasteiger partial charge in [-0.1, -0.05) is 6.07 Å². The van der Waals surface area contributed by atoms with Crippen LogP contribution in [-0.4, -0.2) is 51.4 Å². The highest BCUT2D eigenvalue weighted by Gasteiger charge is 2.37. The maximum Gasteiger partial charge on any atom is 0.338 e. The number of likely N-dealkylation sites (N-methyl/N-ethyl adjacent to an activating group) is 1. The predicted molar refractivity (Wildman–Crippen MR) is 114 cm³/mol. The highest BCUT2D eigenvalue weighted by Crippen LogP contribution is 2.36. The van der Waals surface area contributed by atoms with Gasteiger partial charge in [0.1, 0.15) is 12.4 Å². The summed E-state index contributed by atoms with van der Waals surface area (Å²) in [5.41, 5.74) is 0.803. The highest BCUT2D eigenvalue weighted by atomic mass is 19.1. The number of hydrogen-bond acceptors (Lipinski definition) is 6. The van der Waals surface area contributed by atoms with Crippen LogP contribution in [-0.2, 0) is 9.53 Å². The molecule has 0 saturated heterocycles. The second-order valence-electron chi connectivity index (χ2n) is 7.00. The number of nitrogens with one attached hydrogen (secondary N) is 1. The van der Waals surface area contributed by atoms with E-state index in [1.165, 1.54) is 26.2 Å². The van der Waals surface area contributed by atoms with Crippen molar-refractivity contribution in [3.63, 3.8) is 0 Å². The zero-order valence-corrected chi connectivity index (χ0v) is 18.6. The maximum absolute atomic E-state index is 14.1. The van der Waals surface area contributed by atoms with Gasteiger partial charge in [-0.15, -0.1) is 0 Å². The zero-order valence-electron chi connectivity index (χ0n) is 18.6. The molecule has 2 amide bonds. The molecule has 0 spiro atoms. The van der Waals surface area contributed by atoms with E-state index in [9.17, 15) is 18.4 Å². The van der Waals surface area contributed by atoms with Crippen molar-refractivity contribution < 1.29 is 37.3 Å². The number of ether oxygens (including phenoxy) is 4. The van der Waals surface area contributed by atoms with Crippen molar-refractivity contribution in [1.29, 1.82) is 0 Å². The summed E-state index contributed by atoms with van der Waals surface area (Å²) in [6.45, 7) is 1.41. The van der Waals surface area contributed by atoms with Crippen molar-refractivity contribution in [3.05, 3.63) is 64.9 Å². The zero-order chi connectivity index (χ0) is 24.1. The predicted octanol–water partition coefficient (Wildman–Crippen LogP) is 3.57. The Hall–Kier alpha value is -3.82. The minimum absolute atomic E-state index is 0.0966. The SMILES string of the molecule is CCOC(=O)C1=C(COc2ccc(F)cc2F)N(C)C(=O)N[C@@H]1c1ccc(OC)c(OC)c1. The molecule has 0 radical (unpaired) electrons. The van der Waals surface area contributed by atoms with Gasteiger partial charge in [-0.25, -0.2) is 18.4 Å². The molecule has 3 rings (SSSR count). The summed E-state index contributed by atoms with van der Waals surface area (Å²) >= 11 is 0. The Morgan fingerprint density at radius 3 is 2.39 bits per heavy atom. The first-order valence-corrected chi connectivity index (χ1v) is 10.0. The number of nitrogens with zero attached hydrogens (tertiary/aromatic N) is 1. The fourth-order valence-corrected chi connectivity index (χ4v) is 3.40. The first-order chi connectivity index (χ1) is 15.8. The van der Waals surface area contributed by atoms with E-state index in [0.29, 0.717) is 23.1 Å². The number of urea groups is 1. The summed E-state index contributed by atoms with van der Waals surface area (Å²) < 4.78 is 48.6. The van der Waals surface area contributed by atoms with Gasteiger partial charge >= 0.3 is 12.0 Å². The molecular formula is C23H24F2N2O6. The first kappa shape index (κ1) is 23.8. The van der Waals surface area contributed by atoms with Crippen LogP contribution in [0.4, 0.5) is 13.6 Å². The Bertz CT molecular complexity index is 1090. The van der Waals surface area contributed by atoms with E-state index in [-0.39, 0.29) is 30.2 Å². The molecule has 0 saturated carbocycles. The molecule has 1 N–H and O–H groups in total. The number of rotatable bonds is 8. The standard InChI is InChI=1S/C23H24F2N2O6/c1-5-32-22(28)20-16(12-33-17-9-7-14(24)11-15(17)25)27(2)23(29)26-21(20)13-6-8-18(30-3)19(10-13)31-4/h6-11,21H,5,12H2,1-4H3,(H,26,29)/t21-/m1/s1. The molecule has 1 aliphatic rings. The molecule has 2 aromatic rings. The monoisotopic (exact) mass is 462 g/mol. The number of carbonyl (C=O) groups excluding carboxylic acids is 2. The number of halogens is 2. The van der Waals surface area contributed by atoms with Crippen molar-refractivity contribution in [1.82, 2.24) is 10.2 Å². The van der Waals surface area contributed by atoms with E-state index < -0.39 is 29.7 Å². The number of carbonyl (C=O) groups is 2. The molecule has 0 aromatic heterocycles. The molecule has 1 aliphatic heterocycles. The summed E-state index contributed by atoms with van der Waals surface area (Å²) in [7, 11) is 4.40. The summed E-state index contributed by atoms with van der Waals surface area (Å²) in [6.07, 6.45) is 0. The lowest BCUT2D eigenvalue weighted by Gasteiger charge is -2.34. The van der Waals surface area contributed by atoms with Crippen LogP contribution in [0.1, 0.15) is 18.5 Å². The number of amides is 2. The van der Waals surface area contributed by atoms with Crippen LogP contribution in [0.25, 0.3) is 0 Å². The number of benzene rings is 2. The lowest BCUT2D eigenvalue weighted by molar-refractivity contribution is -0.139.